The third kappa shape index (κ3) is 3.04. The molecule has 3 aromatic rings. The Balaban J connectivity index is 1.57. The standard InChI is InChI=1S/C19H14N2O4/c20-9-14-4-3-12(11-1-2-11)7-16(14)24-10-18-21-15-6-5-13(19(22)23)8-17(15)25-18/h3-8,11H,1-2,10H2,(H,22,23). The summed E-state index contributed by atoms with van der Waals surface area (Å²) in [6, 6.07) is 12.3. The Kier molecular flexibility index (Phi) is 3.62. The number of rotatable bonds is 5. The van der Waals surface area contributed by atoms with Gasteiger partial charge >= 0.3 is 5.97 Å². The third-order valence-corrected chi connectivity index (χ3v) is 4.21. The van der Waals surface area contributed by atoms with E-state index in [1.165, 1.54) is 30.5 Å². The van der Waals surface area contributed by atoms with Crippen molar-refractivity contribution < 1.29 is 19.1 Å². The van der Waals surface area contributed by atoms with Gasteiger partial charge in [-0.15, -0.1) is 0 Å². The van der Waals surface area contributed by atoms with E-state index in [-0.39, 0.29) is 12.2 Å². The molecular weight excluding hydrogens is 320 g/mol. The molecule has 0 aliphatic heterocycles. The van der Waals surface area contributed by atoms with E-state index in [1.54, 1.807) is 12.1 Å². The van der Waals surface area contributed by atoms with Crippen LogP contribution in [0, 0.1) is 11.3 Å². The van der Waals surface area contributed by atoms with Crippen molar-refractivity contribution in [2.75, 3.05) is 0 Å². The Morgan fingerprint density at radius 2 is 2.16 bits per heavy atom. The summed E-state index contributed by atoms with van der Waals surface area (Å²) >= 11 is 0. The average Bonchev–Trinajstić information content (AvgIpc) is 3.38. The second-order valence-corrected chi connectivity index (χ2v) is 6.03. The maximum Gasteiger partial charge on any atom is 0.335 e. The summed E-state index contributed by atoms with van der Waals surface area (Å²) in [6.07, 6.45) is 2.34. The van der Waals surface area contributed by atoms with Gasteiger partial charge in [0.2, 0.25) is 5.89 Å². The smallest absolute Gasteiger partial charge is 0.335 e. The molecule has 1 N–H and O–H groups in total. The summed E-state index contributed by atoms with van der Waals surface area (Å²) < 4.78 is 11.3. The minimum absolute atomic E-state index is 0.0693. The number of nitriles is 1. The minimum Gasteiger partial charge on any atom is -0.482 e. The summed E-state index contributed by atoms with van der Waals surface area (Å²) in [5.74, 6) is 0.388. The van der Waals surface area contributed by atoms with Crippen LogP contribution in [0.5, 0.6) is 5.75 Å². The van der Waals surface area contributed by atoms with Gasteiger partial charge in [-0.05, 0) is 54.7 Å². The molecule has 2 aromatic carbocycles. The molecular formula is C19H14N2O4. The Morgan fingerprint density at radius 3 is 2.88 bits per heavy atom. The number of carboxylic acid groups (broad SMARTS) is 1. The van der Waals surface area contributed by atoms with Crippen molar-refractivity contribution in [1.29, 1.82) is 5.26 Å². The van der Waals surface area contributed by atoms with Crippen LogP contribution in [0.15, 0.2) is 40.8 Å². The van der Waals surface area contributed by atoms with Crippen LogP contribution in [-0.4, -0.2) is 16.1 Å². The van der Waals surface area contributed by atoms with Gasteiger partial charge in [0, 0.05) is 0 Å². The highest BCUT2D eigenvalue weighted by molar-refractivity contribution is 5.91. The molecule has 1 aromatic heterocycles. The summed E-state index contributed by atoms with van der Waals surface area (Å²) in [4.78, 5) is 15.3. The molecule has 1 aliphatic rings. The fourth-order valence-corrected chi connectivity index (χ4v) is 2.73. The molecule has 0 radical (unpaired) electrons. The Labute approximate surface area is 143 Å². The van der Waals surface area contributed by atoms with Gasteiger partial charge in [0.15, 0.2) is 12.2 Å². The van der Waals surface area contributed by atoms with E-state index in [0.29, 0.717) is 34.2 Å². The number of carbonyl (C=O) groups is 1. The number of benzene rings is 2. The molecule has 0 bridgehead atoms. The first-order valence-corrected chi connectivity index (χ1v) is 7.93. The minimum atomic E-state index is -1.02. The topological polar surface area (TPSA) is 96.3 Å². The summed E-state index contributed by atoms with van der Waals surface area (Å²) in [5, 5.41) is 18.3. The number of ether oxygens (including phenoxy) is 1. The Bertz CT molecular complexity index is 1010. The zero-order valence-electron chi connectivity index (χ0n) is 13.2. The van der Waals surface area contributed by atoms with Crippen molar-refractivity contribution in [3.05, 3.63) is 59.0 Å². The SMILES string of the molecule is N#Cc1ccc(C2CC2)cc1OCc1nc2ccc(C(=O)O)cc2o1. The third-order valence-electron chi connectivity index (χ3n) is 4.21. The first kappa shape index (κ1) is 15.2. The lowest BCUT2D eigenvalue weighted by Crippen LogP contribution is -1.98. The van der Waals surface area contributed by atoms with Crippen molar-refractivity contribution >= 4 is 17.1 Å². The number of carboxylic acids is 1. The number of aromatic carboxylic acids is 1. The van der Waals surface area contributed by atoms with Gasteiger partial charge in [-0.3, -0.25) is 0 Å². The molecule has 6 nitrogen and oxygen atoms in total. The van der Waals surface area contributed by atoms with Crippen LogP contribution in [-0.2, 0) is 6.61 Å². The maximum atomic E-state index is 11.0. The quantitative estimate of drug-likeness (QED) is 0.761. The van der Waals surface area contributed by atoms with Crippen LogP contribution >= 0.6 is 0 Å². The van der Waals surface area contributed by atoms with Crippen LogP contribution in [0.25, 0.3) is 11.1 Å². The molecule has 25 heavy (non-hydrogen) atoms. The predicted molar refractivity (Wildman–Crippen MR) is 88.4 cm³/mol. The van der Waals surface area contributed by atoms with Gasteiger partial charge in [-0.2, -0.15) is 5.26 Å². The van der Waals surface area contributed by atoms with E-state index in [0.717, 1.165) is 0 Å². The average molecular weight is 334 g/mol. The molecule has 0 saturated heterocycles. The number of hydrogen-bond donors (Lipinski definition) is 1. The van der Waals surface area contributed by atoms with E-state index >= 15 is 0 Å². The second-order valence-electron chi connectivity index (χ2n) is 6.03. The lowest BCUT2D eigenvalue weighted by molar-refractivity contribution is 0.0697. The molecule has 0 atom stereocenters. The van der Waals surface area contributed by atoms with E-state index < -0.39 is 5.97 Å². The number of fused-ring (bicyclic) bond motifs is 1. The molecule has 1 aliphatic carbocycles. The van der Waals surface area contributed by atoms with E-state index in [1.807, 2.05) is 12.1 Å². The van der Waals surface area contributed by atoms with E-state index in [9.17, 15) is 10.1 Å². The van der Waals surface area contributed by atoms with Gasteiger partial charge in [0.05, 0.1) is 11.1 Å². The molecule has 1 heterocycles. The Hall–Kier alpha value is -3.33. The van der Waals surface area contributed by atoms with Gasteiger partial charge in [-0.25, -0.2) is 9.78 Å². The number of oxazole rings is 1. The monoisotopic (exact) mass is 334 g/mol. The second kappa shape index (κ2) is 5.95. The first-order valence-electron chi connectivity index (χ1n) is 7.93. The molecule has 0 unspecified atom stereocenters. The van der Waals surface area contributed by atoms with Crippen LogP contribution in [0.1, 0.15) is 46.1 Å². The van der Waals surface area contributed by atoms with Crippen LogP contribution < -0.4 is 4.74 Å². The maximum absolute atomic E-state index is 11.0. The highest BCUT2D eigenvalue weighted by Gasteiger charge is 2.24. The first-order chi connectivity index (χ1) is 12.1. The van der Waals surface area contributed by atoms with Crippen LogP contribution in [0.2, 0.25) is 0 Å². The van der Waals surface area contributed by atoms with E-state index in [4.69, 9.17) is 14.3 Å². The lowest BCUT2D eigenvalue weighted by Gasteiger charge is -2.08. The molecule has 0 amide bonds. The highest BCUT2D eigenvalue weighted by atomic mass is 16.5. The molecule has 6 heteroatoms. The highest BCUT2D eigenvalue weighted by Crippen LogP contribution is 2.41. The number of nitrogens with zero attached hydrogens (tertiary/aromatic N) is 2. The van der Waals surface area contributed by atoms with Crippen molar-refractivity contribution in [3.63, 3.8) is 0 Å². The van der Waals surface area contributed by atoms with Crippen LogP contribution in [0.4, 0.5) is 0 Å². The summed E-state index contributed by atoms with van der Waals surface area (Å²) in [7, 11) is 0. The molecule has 124 valence electrons. The number of hydrogen-bond acceptors (Lipinski definition) is 5. The van der Waals surface area contributed by atoms with Gasteiger partial charge in [0.25, 0.3) is 0 Å². The molecule has 1 fully saturated rings. The van der Waals surface area contributed by atoms with Gasteiger partial charge in [0.1, 0.15) is 17.3 Å². The molecule has 4 rings (SSSR count). The number of aromatic nitrogens is 1. The molecule has 1 saturated carbocycles. The fourth-order valence-electron chi connectivity index (χ4n) is 2.73. The van der Waals surface area contributed by atoms with Gasteiger partial charge in [-0.1, -0.05) is 6.07 Å². The van der Waals surface area contributed by atoms with E-state index in [2.05, 4.69) is 11.1 Å². The zero-order valence-corrected chi connectivity index (χ0v) is 13.2. The van der Waals surface area contributed by atoms with Crippen molar-refractivity contribution in [2.24, 2.45) is 0 Å². The summed E-state index contributed by atoms with van der Waals surface area (Å²) in [6.45, 7) is 0.0693. The largest absolute Gasteiger partial charge is 0.482 e. The van der Waals surface area contributed by atoms with Crippen molar-refractivity contribution in [1.82, 2.24) is 4.98 Å². The lowest BCUT2D eigenvalue weighted by atomic mass is 10.1. The zero-order chi connectivity index (χ0) is 17.4. The fraction of sp³-hybridized carbons (Fsp3) is 0.211. The normalized spacial score (nSPS) is 13.6. The summed E-state index contributed by atoms with van der Waals surface area (Å²) in [5.41, 5.74) is 2.74. The van der Waals surface area contributed by atoms with Crippen molar-refractivity contribution in [2.45, 2.75) is 25.4 Å². The predicted octanol–water partition coefficient (Wildman–Crippen LogP) is 3.85. The van der Waals surface area contributed by atoms with Gasteiger partial charge < -0.3 is 14.3 Å². The Morgan fingerprint density at radius 1 is 1.32 bits per heavy atom. The molecule has 0 spiro atoms. The van der Waals surface area contributed by atoms with Crippen molar-refractivity contribution in [3.8, 4) is 11.8 Å². The van der Waals surface area contributed by atoms with Crippen LogP contribution in [0.3, 0.4) is 0 Å².